The second-order valence-corrected chi connectivity index (χ2v) is 4.26. The average Bonchev–Trinajstić information content (AvgIpc) is 2.31. The van der Waals surface area contributed by atoms with Gasteiger partial charge in [-0.3, -0.25) is 4.98 Å². The molecule has 15 heavy (non-hydrogen) atoms. The minimum Gasteiger partial charge on any atom is -0.379 e. The van der Waals surface area contributed by atoms with Gasteiger partial charge in [-0.15, -0.1) is 0 Å². The van der Waals surface area contributed by atoms with Crippen LogP contribution >= 0.6 is 0 Å². The van der Waals surface area contributed by atoms with Gasteiger partial charge in [0.2, 0.25) is 0 Å². The molecule has 0 aromatic carbocycles. The smallest absolute Gasteiger partial charge is 0.125 e. The van der Waals surface area contributed by atoms with E-state index in [9.17, 15) is 5.11 Å². The lowest BCUT2D eigenvalue weighted by Crippen LogP contribution is -2.26. The van der Waals surface area contributed by atoms with E-state index in [0.717, 1.165) is 24.1 Å². The van der Waals surface area contributed by atoms with Gasteiger partial charge < -0.3 is 5.11 Å². The van der Waals surface area contributed by atoms with Crippen LogP contribution in [0.4, 0.5) is 0 Å². The second-order valence-electron chi connectivity index (χ2n) is 4.26. The van der Waals surface area contributed by atoms with Crippen LogP contribution in [0, 0.1) is 0 Å². The molecule has 1 unspecified atom stereocenters. The summed E-state index contributed by atoms with van der Waals surface area (Å²) in [5.74, 6) is 0. The number of allylic oxidation sites excluding steroid dienone is 1. The second kappa shape index (κ2) is 4.15. The summed E-state index contributed by atoms with van der Waals surface area (Å²) in [7, 11) is 0. The first-order valence-corrected chi connectivity index (χ1v) is 5.54. The fraction of sp³-hybridized carbons (Fsp3) is 0.462. The zero-order valence-corrected chi connectivity index (χ0v) is 9.11. The van der Waals surface area contributed by atoms with Gasteiger partial charge in [-0.05, 0) is 50.3 Å². The van der Waals surface area contributed by atoms with Gasteiger partial charge in [0.25, 0.3) is 0 Å². The molecular weight excluding hydrogens is 186 g/mol. The highest BCUT2D eigenvalue weighted by Crippen LogP contribution is 2.33. The molecule has 0 radical (unpaired) electrons. The van der Waals surface area contributed by atoms with Crippen molar-refractivity contribution in [1.82, 2.24) is 4.98 Å². The Morgan fingerprint density at radius 1 is 1.33 bits per heavy atom. The van der Waals surface area contributed by atoms with Crippen molar-refractivity contribution in [3.8, 4) is 0 Å². The highest BCUT2D eigenvalue weighted by molar-refractivity contribution is 5.27. The van der Waals surface area contributed by atoms with E-state index in [4.69, 9.17) is 0 Å². The minimum absolute atomic E-state index is 0.748. The van der Waals surface area contributed by atoms with Crippen molar-refractivity contribution in [3.63, 3.8) is 0 Å². The fourth-order valence-electron chi connectivity index (χ4n) is 2.10. The lowest BCUT2D eigenvalue weighted by molar-refractivity contribution is 0.0868. The molecule has 0 spiro atoms. The van der Waals surface area contributed by atoms with Crippen LogP contribution in [0.25, 0.3) is 0 Å². The highest BCUT2D eigenvalue weighted by Gasteiger charge is 2.29. The number of aliphatic hydroxyl groups is 1. The first-order chi connectivity index (χ1) is 7.21. The van der Waals surface area contributed by atoms with Crippen molar-refractivity contribution in [3.05, 3.63) is 41.7 Å². The lowest BCUT2D eigenvalue weighted by atomic mass is 9.84. The van der Waals surface area contributed by atoms with Gasteiger partial charge >= 0.3 is 0 Å². The minimum atomic E-state index is -0.887. The molecule has 1 N–H and O–H groups in total. The predicted molar refractivity (Wildman–Crippen MR) is 60.4 cm³/mol. The van der Waals surface area contributed by atoms with Crippen molar-refractivity contribution in [2.75, 3.05) is 0 Å². The van der Waals surface area contributed by atoms with Gasteiger partial charge in [0.1, 0.15) is 5.60 Å². The van der Waals surface area contributed by atoms with Crippen LogP contribution in [0.15, 0.2) is 36.0 Å². The molecule has 1 atom stereocenters. The zero-order valence-electron chi connectivity index (χ0n) is 9.11. The summed E-state index contributed by atoms with van der Waals surface area (Å²) in [5.41, 5.74) is 0.979. The maximum atomic E-state index is 10.5. The molecule has 2 rings (SSSR count). The van der Waals surface area contributed by atoms with E-state index in [0.29, 0.717) is 0 Å². The van der Waals surface area contributed by atoms with Crippen LogP contribution in [0.1, 0.15) is 38.3 Å². The maximum Gasteiger partial charge on any atom is 0.125 e. The van der Waals surface area contributed by atoms with Gasteiger partial charge in [-0.1, -0.05) is 12.1 Å². The molecule has 1 aliphatic rings. The maximum absolute atomic E-state index is 10.5. The van der Waals surface area contributed by atoms with Gasteiger partial charge in [-0.2, -0.15) is 0 Å². The largest absolute Gasteiger partial charge is 0.379 e. The normalized spacial score (nSPS) is 20.5. The SMILES string of the molecule is CC(O)(C1=CCCCC1)c1ccccn1. The molecule has 0 saturated carbocycles. The Labute approximate surface area is 90.7 Å². The monoisotopic (exact) mass is 203 g/mol. The number of nitrogens with zero attached hydrogens (tertiary/aromatic N) is 1. The van der Waals surface area contributed by atoms with Gasteiger partial charge in [0.05, 0.1) is 5.69 Å². The third-order valence-corrected chi connectivity index (χ3v) is 3.08. The summed E-state index contributed by atoms with van der Waals surface area (Å²) < 4.78 is 0. The summed E-state index contributed by atoms with van der Waals surface area (Å²) >= 11 is 0. The molecule has 80 valence electrons. The molecule has 1 heterocycles. The van der Waals surface area contributed by atoms with E-state index < -0.39 is 5.60 Å². The molecule has 2 nitrogen and oxygen atoms in total. The Balaban J connectivity index is 2.30. The Morgan fingerprint density at radius 2 is 2.20 bits per heavy atom. The predicted octanol–water partition coefficient (Wildman–Crippen LogP) is 2.79. The third-order valence-electron chi connectivity index (χ3n) is 3.08. The van der Waals surface area contributed by atoms with Crippen LogP contribution in [0.5, 0.6) is 0 Å². The van der Waals surface area contributed by atoms with Crippen LogP contribution < -0.4 is 0 Å². The standard InChI is InChI=1S/C13H17NO/c1-13(15,11-7-3-2-4-8-11)12-9-5-6-10-14-12/h5-7,9-10,15H,2-4,8H2,1H3. The zero-order chi connectivity index (χ0) is 10.7. The molecule has 0 bridgehead atoms. The number of pyridine rings is 1. The van der Waals surface area contributed by atoms with Crippen molar-refractivity contribution in [2.24, 2.45) is 0 Å². The summed E-state index contributed by atoms with van der Waals surface area (Å²) in [6.45, 7) is 1.84. The lowest BCUT2D eigenvalue weighted by Gasteiger charge is -2.28. The Morgan fingerprint density at radius 3 is 2.80 bits per heavy atom. The number of hydrogen-bond acceptors (Lipinski definition) is 2. The van der Waals surface area contributed by atoms with E-state index in [1.807, 2.05) is 25.1 Å². The first-order valence-electron chi connectivity index (χ1n) is 5.54. The number of aromatic nitrogens is 1. The Kier molecular flexibility index (Phi) is 2.87. The summed E-state index contributed by atoms with van der Waals surface area (Å²) in [5, 5.41) is 10.5. The van der Waals surface area contributed by atoms with Gasteiger partial charge in [-0.25, -0.2) is 0 Å². The highest BCUT2D eigenvalue weighted by atomic mass is 16.3. The van der Waals surface area contributed by atoms with Crippen LogP contribution in [-0.2, 0) is 5.60 Å². The van der Waals surface area contributed by atoms with Gasteiger partial charge in [0.15, 0.2) is 0 Å². The molecule has 0 amide bonds. The van der Waals surface area contributed by atoms with E-state index >= 15 is 0 Å². The van der Waals surface area contributed by atoms with Crippen molar-refractivity contribution < 1.29 is 5.11 Å². The Hall–Kier alpha value is -1.15. The molecule has 0 saturated heterocycles. The molecule has 1 aromatic heterocycles. The molecule has 1 aromatic rings. The van der Waals surface area contributed by atoms with Crippen LogP contribution in [0.3, 0.4) is 0 Å². The molecular formula is C13H17NO. The summed E-state index contributed by atoms with van der Waals surface area (Å²) in [4.78, 5) is 4.23. The van der Waals surface area contributed by atoms with Crippen molar-refractivity contribution in [1.29, 1.82) is 0 Å². The number of rotatable bonds is 2. The first kappa shape index (κ1) is 10.4. The Bertz CT molecular complexity index is 354. The van der Waals surface area contributed by atoms with Crippen molar-refractivity contribution >= 4 is 0 Å². The van der Waals surface area contributed by atoms with Crippen molar-refractivity contribution in [2.45, 2.75) is 38.2 Å². The number of hydrogen-bond donors (Lipinski definition) is 1. The quantitative estimate of drug-likeness (QED) is 0.750. The molecule has 0 fully saturated rings. The molecule has 2 heteroatoms. The van der Waals surface area contributed by atoms with E-state index in [-0.39, 0.29) is 0 Å². The summed E-state index contributed by atoms with van der Waals surface area (Å²) in [6, 6.07) is 5.67. The van der Waals surface area contributed by atoms with Crippen LogP contribution in [0.2, 0.25) is 0 Å². The molecule has 1 aliphatic carbocycles. The van der Waals surface area contributed by atoms with Crippen LogP contribution in [-0.4, -0.2) is 10.1 Å². The molecule has 0 aliphatic heterocycles. The fourth-order valence-corrected chi connectivity index (χ4v) is 2.10. The van der Waals surface area contributed by atoms with E-state index in [1.165, 1.54) is 12.8 Å². The summed E-state index contributed by atoms with van der Waals surface area (Å²) in [6.07, 6.45) is 8.38. The van der Waals surface area contributed by atoms with E-state index in [2.05, 4.69) is 11.1 Å². The van der Waals surface area contributed by atoms with E-state index in [1.54, 1.807) is 6.20 Å². The average molecular weight is 203 g/mol. The third kappa shape index (κ3) is 2.10. The van der Waals surface area contributed by atoms with Gasteiger partial charge in [0, 0.05) is 6.20 Å². The topological polar surface area (TPSA) is 33.1 Å².